The summed E-state index contributed by atoms with van der Waals surface area (Å²) in [6, 6.07) is 17.0. The van der Waals surface area contributed by atoms with Gasteiger partial charge in [0.05, 0.1) is 28.7 Å². The molecule has 3 atom stereocenters. The number of amides is 1. The molecule has 7 rings (SSSR count). The summed E-state index contributed by atoms with van der Waals surface area (Å²) in [6.07, 6.45) is 0.659. The van der Waals surface area contributed by atoms with Crippen molar-refractivity contribution in [2.45, 2.75) is 37.8 Å². The van der Waals surface area contributed by atoms with Crippen molar-refractivity contribution in [1.29, 1.82) is 0 Å². The molecule has 0 radical (unpaired) electrons. The van der Waals surface area contributed by atoms with E-state index in [9.17, 15) is 4.79 Å². The molecule has 4 heterocycles. The Kier molecular flexibility index (Phi) is 4.59. The van der Waals surface area contributed by atoms with Gasteiger partial charge in [-0.1, -0.05) is 36.4 Å². The van der Waals surface area contributed by atoms with E-state index in [-0.39, 0.29) is 18.1 Å². The largest absolute Gasteiger partial charge is 0.375 e. The minimum absolute atomic E-state index is 0.00442. The summed E-state index contributed by atoms with van der Waals surface area (Å²) in [6.45, 7) is 3.28. The Morgan fingerprint density at radius 2 is 1.75 bits per heavy atom. The first-order chi connectivity index (χ1) is 17.5. The number of nitrogens with zero attached hydrogens (tertiary/aromatic N) is 2. The summed E-state index contributed by atoms with van der Waals surface area (Å²) in [4.78, 5) is 13.3. The highest BCUT2D eigenvalue weighted by atomic mass is 16.6. The number of benzene rings is 3. The van der Waals surface area contributed by atoms with Gasteiger partial charge in [0, 0.05) is 53.8 Å². The third-order valence-electron chi connectivity index (χ3n) is 8.50. The molecule has 3 aromatic carbocycles. The first-order valence-corrected chi connectivity index (χ1v) is 12.6. The first-order valence-electron chi connectivity index (χ1n) is 12.6. The fourth-order valence-corrected chi connectivity index (χ4v) is 6.98. The van der Waals surface area contributed by atoms with Crippen LogP contribution in [0.5, 0.6) is 0 Å². The fourth-order valence-electron chi connectivity index (χ4n) is 6.98. The molecule has 2 N–H and O–H groups in total. The molecule has 184 valence electrons. The lowest BCUT2D eigenvalue weighted by atomic mass is 9.93. The van der Waals surface area contributed by atoms with Crippen LogP contribution in [0, 0.1) is 0 Å². The van der Waals surface area contributed by atoms with Gasteiger partial charge in [-0.05, 0) is 38.1 Å². The van der Waals surface area contributed by atoms with Crippen LogP contribution in [0.15, 0.2) is 48.5 Å². The predicted octanol–water partition coefficient (Wildman–Crippen LogP) is 4.38. The van der Waals surface area contributed by atoms with E-state index < -0.39 is 5.72 Å². The summed E-state index contributed by atoms with van der Waals surface area (Å²) in [5, 5.41) is 10.9. The average molecular weight is 483 g/mol. The second-order valence-corrected chi connectivity index (χ2v) is 10.2. The number of methoxy groups -OCH3 is 1. The number of aryl methyl sites for hydroxylation is 1. The number of hydrogen-bond acceptors (Lipinski definition) is 4. The zero-order chi connectivity index (χ0) is 24.8. The molecule has 7 heteroatoms. The molecule has 2 aliphatic heterocycles. The standard InChI is InChI=1S/C29H30N4O3/c1-29(27(35-4)19(30-2)13-14-36-29)33-21-12-8-6-10-17(21)22-18-15-31-28(34)24(18)23-16-9-5-7-11-20(16)32(3)25(23)26(22)33/h5-12,19,27,30H,13-15H2,1-4H3,(H,31,34)/t19-,27-,29?/m0/s1. The number of nitrogens with one attached hydrogen (secondary N) is 2. The number of ether oxygens (including phenoxy) is 2. The minimum Gasteiger partial charge on any atom is -0.375 e. The minimum atomic E-state index is -0.768. The second kappa shape index (κ2) is 7.56. The lowest BCUT2D eigenvalue weighted by Gasteiger charge is -2.46. The molecule has 2 aliphatic rings. The van der Waals surface area contributed by atoms with Crippen LogP contribution in [-0.2, 0) is 28.8 Å². The second-order valence-electron chi connectivity index (χ2n) is 10.2. The Hall–Kier alpha value is -3.39. The van der Waals surface area contributed by atoms with Gasteiger partial charge in [-0.2, -0.15) is 0 Å². The third kappa shape index (κ3) is 2.55. The fraction of sp³-hybridized carbons (Fsp3) is 0.345. The molecule has 2 aromatic heterocycles. The molecule has 1 amide bonds. The number of likely N-dealkylation sites (N-methyl/N-ethyl adjacent to an activating group) is 1. The van der Waals surface area contributed by atoms with Crippen molar-refractivity contribution >= 4 is 49.5 Å². The average Bonchev–Trinajstić information content (AvgIpc) is 3.54. The molecular weight excluding hydrogens is 452 g/mol. The number of fused-ring (bicyclic) bond motifs is 10. The Morgan fingerprint density at radius 1 is 1.06 bits per heavy atom. The number of hydrogen-bond donors (Lipinski definition) is 2. The zero-order valence-corrected chi connectivity index (χ0v) is 21.0. The highest BCUT2D eigenvalue weighted by Crippen LogP contribution is 2.48. The summed E-state index contributed by atoms with van der Waals surface area (Å²) in [5.41, 5.74) is 5.40. The van der Waals surface area contributed by atoms with Crippen LogP contribution in [0.25, 0.3) is 43.6 Å². The number of aromatic nitrogens is 2. The van der Waals surface area contributed by atoms with E-state index in [1.807, 2.05) is 13.1 Å². The molecule has 1 saturated heterocycles. The van der Waals surface area contributed by atoms with Gasteiger partial charge in [0.1, 0.15) is 6.10 Å². The van der Waals surface area contributed by atoms with E-state index in [1.54, 1.807) is 7.11 Å². The van der Waals surface area contributed by atoms with Crippen molar-refractivity contribution in [2.24, 2.45) is 7.05 Å². The molecule has 1 fully saturated rings. The van der Waals surface area contributed by atoms with Gasteiger partial charge in [-0.3, -0.25) is 4.79 Å². The van der Waals surface area contributed by atoms with E-state index >= 15 is 0 Å². The lowest BCUT2D eigenvalue weighted by molar-refractivity contribution is -0.209. The van der Waals surface area contributed by atoms with Crippen molar-refractivity contribution in [3.8, 4) is 0 Å². The molecule has 0 aliphatic carbocycles. The van der Waals surface area contributed by atoms with Gasteiger partial charge in [0.2, 0.25) is 0 Å². The molecule has 7 nitrogen and oxygen atoms in total. The normalized spacial score (nSPS) is 24.3. The molecule has 5 aromatic rings. The van der Waals surface area contributed by atoms with Crippen molar-refractivity contribution in [2.75, 3.05) is 20.8 Å². The topological polar surface area (TPSA) is 69.5 Å². The number of carbonyl (C=O) groups is 1. The zero-order valence-electron chi connectivity index (χ0n) is 21.0. The Labute approximate surface area is 208 Å². The molecule has 1 unspecified atom stereocenters. The van der Waals surface area contributed by atoms with Gasteiger partial charge < -0.3 is 29.2 Å². The molecule has 36 heavy (non-hydrogen) atoms. The number of para-hydroxylation sites is 2. The highest BCUT2D eigenvalue weighted by Gasteiger charge is 2.47. The summed E-state index contributed by atoms with van der Waals surface area (Å²) >= 11 is 0. The van der Waals surface area contributed by atoms with E-state index in [0.717, 1.165) is 61.2 Å². The Morgan fingerprint density at radius 3 is 2.47 bits per heavy atom. The van der Waals surface area contributed by atoms with Crippen LogP contribution >= 0.6 is 0 Å². The molecule has 0 spiro atoms. The van der Waals surface area contributed by atoms with Crippen molar-refractivity contribution in [3.63, 3.8) is 0 Å². The monoisotopic (exact) mass is 482 g/mol. The van der Waals surface area contributed by atoms with Gasteiger partial charge in [0.25, 0.3) is 5.91 Å². The van der Waals surface area contributed by atoms with E-state index in [0.29, 0.717) is 13.2 Å². The Bertz CT molecular complexity index is 1710. The first kappa shape index (κ1) is 21.9. The van der Waals surface area contributed by atoms with Crippen molar-refractivity contribution in [3.05, 3.63) is 59.7 Å². The van der Waals surface area contributed by atoms with Gasteiger partial charge >= 0.3 is 0 Å². The summed E-state index contributed by atoms with van der Waals surface area (Å²) in [5.74, 6) is -0.00442. The van der Waals surface area contributed by atoms with E-state index in [1.165, 1.54) is 0 Å². The maximum absolute atomic E-state index is 13.3. The maximum Gasteiger partial charge on any atom is 0.252 e. The molecular formula is C29H30N4O3. The Balaban J connectivity index is 1.76. The van der Waals surface area contributed by atoms with Crippen LogP contribution < -0.4 is 10.6 Å². The third-order valence-corrected chi connectivity index (χ3v) is 8.50. The number of rotatable bonds is 3. The SMILES string of the molecule is CN[C@H]1CCOC(C)(n2c3ccccc3c3c4c(c5c6ccccc6n(C)c5c32)C(=O)NC4)[C@H]1OC. The lowest BCUT2D eigenvalue weighted by Crippen LogP contribution is -2.59. The van der Waals surface area contributed by atoms with Crippen molar-refractivity contribution < 1.29 is 14.3 Å². The summed E-state index contributed by atoms with van der Waals surface area (Å²) in [7, 11) is 5.85. The number of carbonyl (C=O) groups excluding carboxylic acids is 1. The van der Waals surface area contributed by atoms with Gasteiger partial charge in [-0.25, -0.2) is 0 Å². The maximum atomic E-state index is 13.3. The molecule has 0 bridgehead atoms. The van der Waals surface area contributed by atoms with Crippen LogP contribution in [0.1, 0.15) is 29.3 Å². The van der Waals surface area contributed by atoms with Crippen molar-refractivity contribution in [1.82, 2.24) is 19.8 Å². The molecule has 0 saturated carbocycles. The van der Waals surface area contributed by atoms with Crippen LogP contribution in [0.4, 0.5) is 0 Å². The predicted molar refractivity (Wildman–Crippen MR) is 142 cm³/mol. The highest BCUT2D eigenvalue weighted by molar-refractivity contribution is 6.30. The smallest absolute Gasteiger partial charge is 0.252 e. The van der Waals surface area contributed by atoms with Gasteiger partial charge in [-0.15, -0.1) is 0 Å². The van der Waals surface area contributed by atoms with E-state index in [4.69, 9.17) is 9.47 Å². The quantitative estimate of drug-likeness (QED) is 0.401. The van der Waals surface area contributed by atoms with Crippen LogP contribution in [0.3, 0.4) is 0 Å². The van der Waals surface area contributed by atoms with Gasteiger partial charge in [0.15, 0.2) is 5.72 Å². The van der Waals surface area contributed by atoms with Crippen LogP contribution in [0.2, 0.25) is 0 Å². The van der Waals surface area contributed by atoms with E-state index in [2.05, 4.69) is 76.2 Å². The van der Waals surface area contributed by atoms with Crippen LogP contribution in [-0.4, -0.2) is 48.0 Å². The summed E-state index contributed by atoms with van der Waals surface area (Å²) < 4.78 is 17.4.